The van der Waals surface area contributed by atoms with Crippen LogP contribution in [-0.4, -0.2) is 33.5 Å². The SMILES string of the molecule is COc1ccc(NC(=O)CSc2nnc(-c3cccc(Cl)c3)n2Cc2ccco2)cc1. The Bertz CT molecular complexity index is 1160. The fourth-order valence-electron chi connectivity index (χ4n) is 2.94. The summed E-state index contributed by atoms with van der Waals surface area (Å²) in [6, 6.07) is 18.3. The number of nitrogens with one attached hydrogen (secondary N) is 1. The average molecular weight is 455 g/mol. The van der Waals surface area contributed by atoms with E-state index < -0.39 is 0 Å². The summed E-state index contributed by atoms with van der Waals surface area (Å²) < 4.78 is 12.5. The first kappa shape index (κ1) is 21.0. The first-order valence-electron chi connectivity index (χ1n) is 9.40. The number of furan rings is 1. The quantitative estimate of drug-likeness (QED) is 0.378. The molecule has 0 bridgehead atoms. The third-order valence-electron chi connectivity index (χ3n) is 4.40. The number of hydrogen-bond donors (Lipinski definition) is 1. The van der Waals surface area contributed by atoms with Crippen LogP contribution >= 0.6 is 23.4 Å². The van der Waals surface area contributed by atoms with Crippen LogP contribution in [0.3, 0.4) is 0 Å². The zero-order valence-electron chi connectivity index (χ0n) is 16.6. The van der Waals surface area contributed by atoms with Crippen molar-refractivity contribution in [1.82, 2.24) is 14.8 Å². The molecule has 4 rings (SSSR count). The minimum atomic E-state index is -0.146. The van der Waals surface area contributed by atoms with E-state index in [4.69, 9.17) is 20.8 Å². The van der Waals surface area contributed by atoms with E-state index in [2.05, 4.69) is 15.5 Å². The van der Waals surface area contributed by atoms with Crippen molar-refractivity contribution >= 4 is 35.0 Å². The molecule has 2 aromatic heterocycles. The van der Waals surface area contributed by atoms with Gasteiger partial charge in [-0.15, -0.1) is 10.2 Å². The van der Waals surface area contributed by atoms with Gasteiger partial charge in [-0.25, -0.2) is 0 Å². The van der Waals surface area contributed by atoms with Crippen molar-refractivity contribution in [1.29, 1.82) is 0 Å². The molecule has 0 atom stereocenters. The first-order chi connectivity index (χ1) is 15.1. The first-order valence-corrected chi connectivity index (χ1v) is 10.8. The number of carbonyl (C=O) groups excluding carboxylic acids is 1. The minimum absolute atomic E-state index is 0.146. The van der Waals surface area contributed by atoms with Crippen LogP contribution in [0.4, 0.5) is 5.69 Å². The van der Waals surface area contributed by atoms with Crippen LogP contribution in [0.2, 0.25) is 5.02 Å². The number of thioether (sulfide) groups is 1. The predicted octanol–water partition coefficient (Wildman–Crippen LogP) is 4.98. The Morgan fingerprint density at radius 2 is 2.00 bits per heavy atom. The van der Waals surface area contributed by atoms with E-state index in [9.17, 15) is 4.79 Å². The maximum Gasteiger partial charge on any atom is 0.234 e. The van der Waals surface area contributed by atoms with Crippen molar-refractivity contribution in [2.24, 2.45) is 0 Å². The Morgan fingerprint density at radius 3 is 2.71 bits per heavy atom. The van der Waals surface area contributed by atoms with Gasteiger partial charge in [-0.1, -0.05) is 35.5 Å². The van der Waals surface area contributed by atoms with E-state index >= 15 is 0 Å². The Labute approximate surface area is 188 Å². The number of anilines is 1. The summed E-state index contributed by atoms with van der Waals surface area (Å²) >= 11 is 7.46. The largest absolute Gasteiger partial charge is 0.497 e. The lowest BCUT2D eigenvalue weighted by atomic mass is 10.2. The summed E-state index contributed by atoms with van der Waals surface area (Å²) in [7, 11) is 1.60. The fraction of sp³-hybridized carbons (Fsp3) is 0.136. The lowest BCUT2D eigenvalue weighted by molar-refractivity contribution is -0.113. The van der Waals surface area contributed by atoms with Gasteiger partial charge >= 0.3 is 0 Å². The summed E-state index contributed by atoms with van der Waals surface area (Å²) in [5, 5.41) is 12.7. The van der Waals surface area contributed by atoms with Crippen LogP contribution in [0.1, 0.15) is 5.76 Å². The zero-order chi connectivity index (χ0) is 21.6. The number of hydrogen-bond acceptors (Lipinski definition) is 6. The molecule has 1 amide bonds. The second-order valence-electron chi connectivity index (χ2n) is 6.55. The normalized spacial score (nSPS) is 10.8. The Balaban J connectivity index is 1.51. The Morgan fingerprint density at radius 1 is 1.16 bits per heavy atom. The van der Waals surface area contributed by atoms with Gasteiger partial charge in [0, 0.05) is 16.3 Å². The number of carbonyl (C=O) groups is 1. The number of nitrogens with zero attached hydrogens (tertiary/aromatic N) is 3. The molecule has 7 nitrogen and oxygen atoms in total. The number of halogens is 1. The highest BCUT2D eigenvalue weighted by Crippen LogP contribution is 2.27. The lowest BCUT2D eigenvalue weighted by Gasteiger charge is -2.09. The van der Waals surface area contributed by atoms with E-state index in [1.54, 1.807) is 43.7 Å². The third kappa shape index (κ3) is 5.28. The molecule has 0 saturated heterocycles. The topological polar surface area (TPSA) is 82.2 Å². The Kier molecular flexibility index (Phi) is 6.59. The molecule has 158 valence electrons. The van der Waals surface area contributed by atoms with Gasteiger partial charge in [-0.3, -0.25) is 9.36 Å². The number of amides is 1. The van der Waals surface area contributed by atoms with E-state index in [0.717, 1.165) is 17.1 Å². The highest BCUT2D eigenvalue weighted by atomic mass is 35.5. The van der Waals surface area contributed by atoms with Gasteiger partial charge in [-0.05, 0) is 48.5 Å². The average Bonchev–Trinajstić information content (AvgIpc) is 3.43. The van der Waals surface area contributed by atoms with Crippen molar-refractivity contribution in [2.45, 2.75) is 11.7 Å². The van der Waals surface area contributed by atoms with E-state index in [0.29, 0.717) is 28.2 Å². The molecule has 4 aromatic rings. The monoisotopic (exact) mass is 454 g/mol. The summed E-state index contributed by atoms with van der Waals surface area (Å²) in [6.45, 7) is 0.435. The second-order valence-corrected chi connectivity index (χ2v) is 7.93. The molecule has 0 spiro atoms. The second kappa shape index (κ2) is 9.72. The molecule has 0 aliphatic rings. The van der Waals surface area contributed by atoms with Crippen molar-refractivity contribution < 1.29 is 13.9 Å². The van der Waals surface area contributed by atoms with Crippen LogP contribution in [0, 0.1) is 0 Å². The fourth-order valence-corrected chi connectivity index (χ4v) is 3.87. The minimum Gasteiger partial charge on any atom is -0.497 e. The van der Waals surface area contributed by atoms with Gasteiger partial charge in [0.25, 0.3) is 0 Å². The van der Waals surface area contributed by atoms with Gasteiger partial charge in [0.15, 0.2) is 11.0 Å². The van der Waals surface area contributed by atoms with E-state index in [1.165, 1.54) is 11.8 Å². The van der Waals surface area contributed by atoms with Gasteiger partial charge in [0.2, 0.25) is 5.91 Å². The molecule has 0 aliphatic heterocycles. The summed E-state index contributed by atoms with van der Waals surface area (Å²) in [6.07, 6.45) is 1.62. The summed E-state index contributed by atoms with van der Waals surface area (Å²) in [4.78, 5) is 12.4. The number of methoxy groups -OCH3 is 1. The summed E-state index contributed by atoms with van der Waals surface area (Å²) in [5.74, 6) is 2.17. The van der Waals surface area contributed by atoms with E-state index in [1.807, 2.05) is 34.9 Å². The van der Waals surface area contributed by atoms with Crippen LogP contribution in [0.25, 0.3) is 11.4 Å². The number of ether oxygens (including phenoxy) is 1. The smallest absolute Gasteiger partial charge is 0.234 e. The maximum absolute atomic E-state index is 12.4. The molecular formula is C22H19ClN4O3S. The molecule has 2 heterocycles. The Hall–Kier alpha value is -3.23. The van der Waals surface area contributed by atoms with Crippen LogP contribution in [0.5, 0.6) is 5.75 Å². The van der Waals surface area contributed by atoms with Crippen molar-refractivity contribution in [3.8, 4) is 17.1 Å². The highest BCUT2D eigenvalue weighted by Gasteiger charge is 2.17. The van der Waals surface area contributed by atoms with E-state index in [-0.39, 0.29) is 11.7 Å². The highest BCUT2D eigenvalue weighted by molar-refractivity contribution is 7.99. The molecule has 9 heteroatoms. The number of benzene rings is 2. The van der Waals surface area contributed by atoms with Gasteiger partial charge in [0.1, 0.15) is 11.5 Å². The summed E-state index contributed by atoms with van der Waals surface area (Å²) in [5.41, 5.74) is 1.53. The lowest BCUT2D eigenvalue weighted by Crippen LogP contribution is -2.14. The molecule has 0 saturated carbocycles. The van der Waals surface area contributed by atoms with Crippen molar-refractivity contribution in [3.05, 3.63) is 77.7 Å². The standard InChI is InChI=1S/C22H19ClN4O3S/c1-29-18-9-7-17(8-10-18)24-20(28)14-31-22-26-25-21(15-4-2-5-16(23)12-15)27(22)13-19-6-3-11-30-19/h2-12H,13-14H2,1H3,(H,24,28). The zero-order valence-corrected chi connectivity index (χ0v) is 18.2. The van der Waals surface area contributed by atoms with Crippen molar-refractivity contribution in [2.75, 3.05) is 18.2 Å². The molecule has 0 aliphatic carbocycles. The van der Waals surface area contributed by atoms with Crippen LogP contribution in [0.15, 0.2) is 76.5 Å². The molecule has 0 radical (unpaired) electrons. The molecule has 1 N–H and O–H groups in total. The third-order valence-corrected chi connectivity index (χ3v) is 5.60. The molecular weight excluding hydrogens is 436 g/mol. The van der Waals surface area contributed by atoms with Crippen LogP contribution < -0.4 is 10.1 Å². The number of aromatic nitrogens is 3. The molecule has 0 unspecified atom stereocenters. The molecule has 0 fully saturated rings. The van der Waals surface area contributed by atoms with Gasteiger partial charge < -0.3 is 14.5 Å². The number of rotatable bonds is 8. The molecule has 2 aromatic carbocycles. The van der Waals surface area contributed by atoms with Gasteiger partial charge in [0.05, 0.1) is 25.7 Å². The predicted molar refractivity (Wildman–Crippen MR) is 121 cm³/mol. The van der Waals surface area contributed by atoms with Gasteiger partial charge in [-0.2, -0.15) is 0 Å². The maximum atomic E-state index is 12.4. The van der Waals surface area contributed by atoms with Crippen LogP contribution in [-0.2, 0) is 11.3 Å². The van der Waals surface area contributed by atoms with Crippen molar-refractivity contribution in [3.63, 3.8) is 0 Å². The molecule has 31 heavy (non-hydrogen) atoms.